The number of carbonyl (C=O) groups excluding carboxylic acids is 1. The number of nitrogens with zero attached hydrogens (tertiary/aromatic N) is 2. The van der Waals surface area contributed by atoms with Gasteiger partial charge >= 0.3 is 0 Å². The quantitative estimate of drug-likeness (QED) is 0.834. The second kappa shape index (κ2) is 7.58. The van der Waals surface area contributed by atoms with Crippen molar-refractivity contribution < 1.29 is 9.32 Å². The van der Waals surface area contributed by atoms with E-state index in [1.54, 1.807) is 0 Å². The first-order valence-corrected chi connectivity index (χ1v) is 9.57. The number of aromatic nitrogens is 2. The summed E-state index contributed by atoms with van der Waals surface area (Å²) in [5.41, 5.74) is 1.14. The number of amides is 1. The van der Waals surface area contributed by atoms with Crippen LogP contribution in [-0.4, -0.2) is 28.1 Å². The molecule has 1 amide bonds. The topological polar surface area (TPSA) is 80.0 Å². The van der Waals surface area contributed by atoms with Gasteiger partial charge in [-0.3, -0.25) is 4.79 Å². The van der Waals surface area contributed by atoms with Crippen molar-refractivity contribution in [3.05, 3.63) is 47.6 Å². The Morgan fingerprint density at radius 1 is 1.27 bits per heavy atom. The van der Waals surface area contributed by atoms with E-state index in [4.69, 9.17) is 4.52 Å². The van der Waals surface area contributed by atoms with E-state index in [0.717, 1.165) is 18.4 Å². The predicted octanol–water partition coefficient (Wildman–Crippen LogP) is 2.76. The van der Waals surface area contributed by atoms with E-state index in [0.29, 0.717) is 42.6 Å². The third kappa shape index (κ3) is 4.12. The molecule has 2 aromatic rings. The van der Waals surface area contributed by atoms with E-state index in [1.165, 1.54) is 12.8 Å². The second-order valence-electron chi connectivity index (χ2n) is 7.68. The van der Waals surface area contributed by atoms with E-state index in [1.807, 2.05) is 37.3 Å². The molecule has 6 nitrogen and oxygen atoms in total. The van der Waals surface area contributed by atoms with E-state index in [9.17, 15) is 4.79 Å². The van der Waals surface area contributed by atoms with Crippen LogP contribution in [-0.2, 0) is 11.2 Å². The summed E-state index contributed by atoms with van der Waals surface area (Å²) in [4.78, 5) is 16.8. The SMILES string of the molecule is CC(NC(=O)CC1CC2CCC(C1)N2)c1nc(Cc2ccccc2)no1. The highest BCUT2D eigenvalue weighted by molar-refractivity contribution is 5.76. The van der Waals surface area contributed by atoms with Crippen molar-refractivity contribution in [2.75, 3.05) is 0 Å². The molecule has 26 heavy (non-hydrogen) atoms. The first-order valence-electron chi connectivity index (χ1n) is 9.57. The number of nitrogens with one attached hydrogen (secondary N) is 2. The van der Waals surface area contributed by atoms with Crippen molar-refractivity contribution in [1.82, 2.24) is 20.8 Å². The molecule has 0 spiro atoms. The lowest BCUT2D eigenvalue weighted by atomic mass is 9.89. The summed E-state index contributed by atoms with van der Waals surface area (Å²) in [5.74, 6) is 1.67. The summed E-state index contributed by atoms with van der Waals surface area (Å²) in [6, 6.07) is 11.0. The van der Waals surface area contributed by atoms with Crippen LogP contribution in [0, 0.1) is 5.92 Å². The molecule has 1 aromatic carbocycles. The number of hydrogen-bond acceptors (Lipinski definition) is 5. The number of piperidine rings is 1. The van der Waals surface area contributed by atoms with Gasteiger partial charge in [-0.25, -0.2) is 0 Å². The van der Waals surface area contributed by atoms with Gasteiger partial charge in [-0.05, 0) is 44.1 Å². The Morgan fingerprint density at radius 3 is 2.73 bits per heavy atom. The van der Waals surface area contributed by atoms with Crippen LogP contribution in [0.3, 0.4) is 0 Å². The molecule has 2 aliphatic rings. The third-order valence-electron chi connectivity index (χ3n) is 5.48. The van der Waals surface area contributed by atoms with Crippen molar-refractivity contribution in [1.29, 1.82) is 0 Å². The largest absolute Gasteiger partial charge is 0.345 e. The van der Waals surface area contributed by atoms with E-state index in [-0.39, 0.29) is 11.9 Å². The zero-order valence-electron chi connectivity index (χ0n) is 15.1. The molecule has 3 atom stereocenters. The minimum Gasteiger partial charge on any atom is -0.345 e. The molecular weight excluding hydrogens is 328 g/mol. The van der Waals surface area contributed by atoms with Crippen molar-refractivity contribution >= 4 is 5.91 Å². The molecule has 0 saturated carbocycles. The van der Waals surface area contributed by atoms with Crippen molar-refractivity contribution in [2.24, 2.45) is 5.92 Å². The fourth-order valence-corrected chi connectivity index (χ4v) is 4.26. The fraction of sp³-hybridized carbons (Fsp3) is 0.550. The van der Waals surface area contributed by atoms with Crippen LogP contribution in [0.2, 0.25) is 0 Å². The summed E-state index contributed by atoms with van der Waals surface area (Å²) in [5, 5.41) is 10.7. The number of hydrogen-bond donors (Lipinski definition) is 2. The summed E-state index contributed by atoms with van der Waals surface area (Å²) in [7, 11) is 0. The molecule has 1 aromatic heterocycles. The van der Waals surface area contributed by atoms with Gasteiger partial charge in [0.05, 0.1) is 0 Å². The maximum atomic E-state index is 12.4. The van der Waals surface area contributed by atoms with Crippen LogP contribution < -0.4 is 10.6 Å². The van der Waals surface area contributed by atoms with Gasteiger partial charge in [0.1, 0.15) is 6.04 Å². The molecule has 0 aliphatic carbocycles. The Morgan fingerprint density at radius 2 is 2.00 bits per heavy atom. The number of carbonyl (C=O) groups is 1. The lowest BCUT2D eigenvalue weighted by molar-refractivity contribution is -0.123. The number of rotatable bonds is 6. The first kappa shape index (κ1) is 17.2. The van der Waals surface area contributed by atoms with Crippen molar-refractivity contribution in [2.45, 2.75) is 63.6 Å². The molecule has 138 valence electrons. The van der Waals surface area contributed by atoms with Crippen LogP contribution in [0.4, 0.5) is 0 Å². The van der Waals surface area contributed by atoms with Gasteiger partial charge in [0.25, 0.3) is 0 Å². The minimum absolute atomic E-state index is 0.0756. The monoisotopic (exact) mass is 354 g/mol. The zero-order valence-corrected chi connectivity index (χ0v) is 15.1. The molecule has 2 N–H and O–H groups in total. The maximum absolute atomic E-state index is 12.4. The molecule has 4 rings (SSSR count). The van der Waals surface area contributed by atoms with Gasteiger partial charge in [-0.2, -0.15) is 4.98 Å². The van der Waals surface area contributed by atoms with E-state index < -0.39 is 0 Å². The Kier molecular flexibility index (Phi) is 5.02. The highest BCUT2D eigenvalue weighted by Crippen LogP contribution is 2.32. The molecule has 2 saturated heterocycles. The van der Waals surface area contributed by atoms with Gasteiger partial charge in [0, 0.05) is 24.9 Å². The molecule has 2 bridgehead atoms. The van der Waals surface area contributed by atoms with Gasteiger partial charge in [0.2, 0.25) is 11.8 Å². The predicted molar refractivity (Wildman–Crippen MR) is 97.4 cm³/mol. The number of fused-ring (bicyclic) bond motifs is 2. The van der Waals surface area contributed by atoms with Crippen molar-refractivity contribution in [3.63, 3.8) is 0 Å². The van der Waals surface area contributed by atoms with Crippen LogP contribution in [0.15, 0.2) is 34.9 Å². The maximum Gasteiger partial charge on any atom is 0.248 e. The lowest BCUT2D eigenvalue weighted by Crippen LogP contribution is -2.40. The van der Waals surface area contributed by atoms with Gasteiger partial charge in [-0.15, -0.1) is 0 Å². The Balaban J connectivity index is 1.29. The smallest absolute Gasteiger partial charge is 0.248 e. The molecule has 3 heterocycles. The molecule has 0 radical (unpaired) electrons. The Hall–Kier alpha value is -2.21. The Bertz CT molecular complexity index is 733. The standard InChI is InChI=1S/C20H26N4O2/c1-13(20-23-18(24-26-20)11-14-5-3-2-4-6-14)21-19(25)12-15-9-16-7-8-17(10-15)22-16/h2-6,13,15-17,22H,7-12H2,1H3,(H,21,25). The summed E-state index contributed by atoms with van der Waals surface area (Å²) in [6.45, 7) is 1.89. The molecule has 2 fully saturated rings. The van der Waals surface area contributed by atoms with Crippen molar-refractivity contribution in [3.8, 4) is 0 Å². The first-order chi connectivity index (χ1) is 12.7. The fourth-order valence-electron chi connectivity index (χ4n) is 4.26. The normalized spacial score (nSPS) is 25.8. The molecular formula is C20H26N4O2. The highest BCUT2D eigenvalue weighted by atomic mass is 16.5. The molecule has 3 unspecified atom stereocenters. The average Bonchev–Trinajstić information content (AvgIpc) is 3.22. The van der Waals surface area contributed by atoms with E-state index in [2.05, 4.69) is 20.8 Å². The number of benzene rings is 1. The average molecular weight is 354 g/mol. The summed E-state index contributed by atoms with van der Waals surface area (Å²) < 4.78 is 5.35. The lowest BCUT2D eigenvalue weighted by Gasteiger charge is -2.28. The van der Waals surface area contributed by atoms with Gasteiger partial charge in [-0.1, -0.05) is 35.5 Å². The summed E-state index contributed by atoms with van der Waals surface area (Å²) in [6.07, 6.45) is 5.95. The Labute approximate surface area is 153 Å². The van der Waals surface area contributed by atoms with E-state index >= 15 is 0 Å². The van der Waals surface area contributed by atoms with Gasteiger partial charge < -0.3 is 15.2 Å². The van der Waals surface area contributed by atoms with Crippen LogP contribution in [0.25, 0.3) is 0 Å². The highest BCUT2D eigenvalue weighted by Gasteiger charge is 2.34. The van der Waals surface area contributed by atoms with Crippen LogP contribution in [0.1, 0.15) is 62.3 Å². The van der Waals surface area contributed by atoms with Crippen LogP contribution in [0.5, 0.6) is 0 Å². The minimum atomic E-state index is -0.266. The summed E-state index contributed by atoms with van der Waals surface area (Å²) >= 11 is 0. The third-order valence-corrected chi connectivity index (χ3v) is 5.48. The second-order valence-corrected chi connectivity index (χ2v) is 7.68. The molecule has 2 aliphatic heterocycles. The zero-order chi connectivity index (χ0) is 17.9. The van der Waals surface area contributed by atoms with Crippen LogP contribution >= 0.6 is 0 Å². The van der Waals surface area contributed by atoms with Gasteiger partial charge in [0.15, 0.2) is 5.82 Å². The molecule has 6 heteroatoms.